The first-order chi connectivity index (χ1) is 11.3. The third-order valence-electron chi connectivity index (χ3n) is 3.82. The minimum atomic E-state index is -4.62. The fraction of sp³-hybridized carbons (Fsp3) is 0.176. The van der Waals surface area contributed by atoms with Crippen LogP contribution >= 0.6 is 0 Å². The number of nitrogens with zero attached hydrogens (tertiary/aromatic N) is 2. The Balaban J connectivity index is 1.94. The summed E-state index contributed by atoms with van der Waals surface area (Å²) in [7, 11) is 0. The lowest BCUT2D eigenvalue weighted by atomic mass is 9.82. The number of hydrogen-bond donors (Lipinski definition) is 0. The first kappa shape index (κ1) is 16.0. The molecule has 1 aromatic carbocycles. The van der Waals surface area contributed by atoms with Gasteiger partial charge in [-0.05, 0) is 12.5 Å². The van der Waals surface area contributed by atoms with E-state index in [9.17, 15) is 22.8 Å². The minimum Gasteiger partial charge on any atom is -0.289 e. The second-order valence-electron chi connectivity index (χ2n) is 5.40. The number of aromatic nitrogens is 2. The largest absolute Gasteiger partial charge is 0.451 e. The van der Waals surface area contributed by atoms with E-state index in [-0.39, 0.29) is 23.6 Å². The number of hydrogen-bond acceptors (Lipinski definition) is 4. The number of allylic oxidation sites excluding steroid dienone is 2. The van der Waals surface area contributed by atoms with E-state index in [1.54, 1.807) is 24.3 Å². The van der Waals surface area contributed by atoms with Crippen LogP contribution in [0, 0.1) is 0 Å². The van der Waals surface area contributed by atoms with E-state index < -0.39 is 12.0 Å². The molecule has 0 radical (unpaired) electrons. The lowest BCUT2D eigenvalue weighted by molar-refractivity contribution is -0.145. The maximum atomic E-state index is 12.6. The summed E-state index contributed by atoms with van der Waals surface area (Å²) in [5.41, 5.74) is 1.52. The van der Waals surface area contributed by atoms with Crippen molar-refractivity contribution >= 4 is 11.6 Å². The Morgan fingerprint density at radius 2 is 1.50 bits per heavy atom. The van der Waals surface area contributed by atoms with Gasteiger partial charge in [-0.2, -0.15) is 13.2 Å². The molecular formula is C17H11F3N2O2. The summed E-state index contributed by atoms with van der Waals surface area (Å²) in [5.74, 6) is -1.80. The number of ketones is 2. The molecule has 0 atom stereocenters. The zero-order chi connectivity index (χ0) is 17.5. The van der Waals surface area contributed by atoms with E-state index >= 15 is 0 Å². The number of Topliss-reactive ketones (excluding diaryl/α,β-unsaturated/α-hetero) is 2. The van der Waals surface area contributed by atoms with Crippen molar-refractivity contribution < 1.29 is 22.8 Å². The van der Waals surface area contributed by atoms with Crippen molar-refractivity contribution in [1.82, 2.24) is 9.97 Å². The lowest BCUT2D eigenvalue weighted by Gasteiger charge is -2.19. The van der Waals surface area contributed by atoms with Gasteiger partial charge in [0, 0.05) is 41.1 Å². The van der Waals surface area contributed by atoms with Gasteiger partial charge in [-0.3, -0.25) is 9.59 Å². The van der Waals surface area contributed by atoms with Crippen LogP contribution in [0.5, 0.6) is 0 Å². The van der Waals surface area contributed by atoms with Crippen LogP contribution < -0.4 is 0 Å². The molecule has 0 saturated heterocycles. The van der Waals surface area contributed by atoms with Crippen LogP contribution in [0.25, 0.3) is 0 Å². The molecule has 122 valence electrons. The highest BCUT2D eigenvalue weighted by Crippen LogP contribution is 2.29. The van der Waals surface area contributed by atoms with Crippen LogP contribution in [0.1, 0.15) is 39.0 Å². The molecule has 0 saturated carbocycles. The summed E-state index contributed by atoms with van der Waals surface area (Å²) in [6.07, 6.45) is -2.57. The molecule has 0 fully saturated rings. The van der Waals surface area contributed by atoms with Gasteiger partial charge >= 0.3 is 6.18 Å². The second kappa shape index (κ2) is 5.67. The van der Waals surface area contributed by atoms with Gasteiger partial charge in [0.2, 0.25) is 5.82 Å². The van der Waals surface area contributed by atoms with Crippen molar-refractivity contribution in [3.63, 3.8) is 0 Å². The highest BCUT2D eigenvalue weighted by Gasteiger charge is 2.34. The zero-order valence-electron chi connectivity index (χ0n) is 12.5. The Kier molecular flexibility index (Phi) is 3.79. The number of carbonyl (C=O) groups excluding carboxylic acids is 2. The molecule has 0 aliphatic heterocycles. The molecule has 1 heterocycles. The average molecular weight is 332 g/mol. The van der Waals surface area contributed by atoms with Gasteiger partial charge in [-0.15, -0.1) is 0 Å². The molecule has 0 spiro atoms. The normalized spacial score (nSPS) is 14.8. The summed E-state index contributed by atoms with van der Waals surface area (Å²) in [6.45, 7) is 1.54. The Morgan fingerprint density at radius 3 is 2.04 bits per heavy atom. The van der Waals surface area contributed by atoms with Crippen LogP contribution in [0.4, 0.5) is 13.2 Å². The van der Waals surface area contributed by atoms with Crippen LogP contribution in [-0.2, 0) is 12.6 Å². The molecule has 0 amide bonds. The summed E-state index contributed by atoms with van der Waals surface area (Å²) >= 11 is 0. The van der Waals surface area contributed by atoms with Crippen molar-refractivity contribution in [3.05, 3.63) is 70.3 Å². The molecule has 24 heavy (non-hydrogen) atoms. The van der Waals surface area contributed by atoms with Crippen LogP contribution in [0.3, 0.4) is 0 Å². The third-order valence-corrected chi connectivity index (χ3v) is 3.82. The first-order valence-electron chi connectivity index (χ1n) is 7.05. The average Bonchev–Trinajstić information content (AvgIpc) is 2.56. The maximum Gasteiger partial charge on any atom is 0.451 e. The molecule has 3 rings (SSSR count). The van der Waals surface area contributed by atoms with E-state index in [0.717, 1.165) is 12.4 Å². The molecule has 1 aliphatic carbocycles. The standard InChI is InChI=1S/C17H11F3N2O2/c1-9-13(6-10-7-21-16(22-8-10)17(18,19)20)15(24)12-5-3-2-4-11(12)14(9)23/h2-5,7-8H,6H2,1H3. The SMILES string of the molecule is CC1=C(Cc2cnc(C(F)(F)F)nc2)C(=O)c2ccccc2C1=O. The third kappa shape index (κ3) is 2.73. The van der Waals surface area contributed by atoms with Crippen molar-refractivity contribution in [2.45, 2.75) is 19.5 Å². The summed E-state index contributed by atoms with van der Waals surface area (Å²) in [4.78, 5) is 31.5. The monoisotopic (exact) mass is 332 g/mol. The van der Waals surface area contributed by atoms with Gasteiger partial charge in [0.05, 0.1) is 0 Å². The summed E-state index contributed by atoms with van der Waals surface area (Å²) < 4.78 is 37.5. The number of halogens is 3. The number of benzene rings is 1. The quantitative estimate of drug-likeness (QED) is 0.845. The van der Waals surface area contributed by atoms with Crippen molar-refractivity contribution in [3.8, 4) is 0 Å². The van der Waals surface area contributed by atoms with Gasteiger partial charge in [-0.25, -0.2) is 9.97 Å². The Morgan fingerprint density at radius 1 is 0.958 bits per heavy atom. The fourth-order valence-corrected chi connectivity index (χ4v) is 2.56. The first-order valence-corrected chi connectivity index (χ1v) is 7.05. The Bertz CT molecular complexity index is 868. The predicted octanol–water partition coefficient (Wildman–Crippen LogP) is 3.43. The highest BCUT2D eigenvalue weighted by atomic mass is 19.4. The molecule has 1 aromatic heterocycles. The van der Waals surface area contributed by atoms with Crippen LogP contribution in [0.15, 0.2) is 47.8 Å². The molecular weight excluding hydrogens is 321 g/mol. The van der Waals surface area contributed by atoms with E-state index in [1.165, 1.54) is 6.92 Å². The van der Waals surface area contributed by atoms with Gasteiger partial charge in [-0.1, -0.05) is 24.3 Å². The van der Waals surface area contributed by atoms with Gasteiger partial charge in [0.15, 0.2) is 11.6 Å². The van der Waals surface area contributed by atoms with E-state index in [0.29, 0.717) is 22.3 Å². The van der Waals surface area contributed by atoms with Crippen LogP contribution in [-0.4, -0.2) is 21.5 Å². The zero-order valence-corrected chi connectivity index (χ0v) is 12.5. The molecule has 4 nitrogen and oxygen atoms in total. The Hall–Kier alpha value is -2.83. The van der Waals surface area contributed by atoms with Crippen molar-refractivity contribution in [2.24, 2.45) is 0 Å². The minimum absolute atomic E-state index is 0.00286. The van der Waals surface area contributed by atoms with E-state index in [2.05, 4.69) is 9.97 Å². The molecule has 7 heteroatoms. The van der Waals surface area contributed by atoms with Crippen LogP contribution in [0.2, 0.25) is 0 Å². The molecule has 1 aliphatic rings. The molecule has 0 N–H and O–H groups in total. The number of alkyl halides is 3. The van der Waals surface area contributed by atoms with Crippen molar-refractivity contribution in [2.75, 3.05) is 0 Å². The van der Waals surface area contributed by atoms with Gasteiger partial charge < -0.3 is 0 Å². The number of fused-ring (bicyclic) bond motifs is 1. The highest BCUT2D eigenvalue weighted by molar-refractivity contribution is 6.26. The molecule has 2 aromatic rings. The Labute approximate surface area is 135 Å². The number of carbonyl (C=O) groups is 2. The van der Waals surface area contributed by atoms with Crippen molar-refractivity contribution in [1.29, 1.82) is 0 Å². The predicted molar refractivity (Wildman–Crippen MR) is 78.5 cm³/mol. The molecule has 0 bridgehead atoms. The lowest BCUT2D eigenvalue weighted by Crippen LogP contribution is -2.22. The maximum absolute atomic E-state index is 12.6. The number of rotatable bonds is 2. The van der Waals surface area contributed by atoms with Gasteiger partial charge in [0.25, 0.3) is 0 Å². The topological polar surface area (TPSA) is 59.9 Å². The second-order valence-corrected chi connectivity index (χ2v) is 5.40. The van der Waals surface area contributed by atoms with E-state index in [4.69, 9.17) is 0 Å². The summed E-state index contributed by atoms with van der Waals surface area (Å²) in [5, 5.41) is 0. The smallest absolute Gasteiger partial charge is 0.289 e. The fourth-order valence-electron chi connectivity index (χ4n) is 2.56. The molecule has 0 unspecified atom stereocenters. The van der Waals surface area contributed by atoms with E-state index in [1.807, 2.05) is 0 Å². The van der Waals surface area contributed by atoms with Gasteiger partial charge in [0.1, 0.15) is 0 Å². The summed E-state index contributed by atoms with van der Waals surface area (Å²) in [6, 6.07) is 6.47.